The Bertz CT molecular complexity index is 657. The number of para-hydroxylation sites is 1. The van der Waals surface area contributed by atoms with Gasteiger partial charge in [-0.3, -0.25) is 4.79 Å². The molecule has 0 bridgehead atoms. The van der Waals surface area contributed by atoms with Gasteiger partial charge in [0.05, 0.1) is 15.8 Å². The highest BCUT2D eigenvalue weighted by Crippen LogP contribution is 2.32. The van der Waals surface area contributed by atoms with Gasteiger partial charge in [0.25, 0.3) is 5.91 Å². The minimum absolute atomic E-state index is 0.0530. The first-order valence-corrected chi connectivity index (χ1v) is 6.68. The molecular formula is C14H11BrF2N2O2. The lowest BCUT2D eigenvalue weighted by atomic mass is 10.3. The number of hydrogen-bond donors (Lipinski definition) is 2. The maximum Gasteiger partial charge on any atom is 0.262 e. The zero-order valence-electron chi connectivity index (χ0n) is 10.7. The zero-order valence-corrected chi connectivity index (χ0v) is 12.3. The molecule has 0 heterocycles. The van der Waals surface area contributed by atoms with Gasteiger partial charge in [-0.15, -0.1) is 0 Å². The van der Waals surface area contributed by atoms with E-state index in [2.05, 4.69) is 21.2 Å². The average molecular weight is 357 g/mol. The molecule has 0 saturated heterocycles. The summed E-state index contributed by atoms with van der Waals surface area (Å²) in [6, 6.07) is 8.00. The second-order valence-corrected chi connectivity index (χ2v) is 4.98. The molecule has 0 aliphatic heterocycles. The van der Waals surface area contributed by atoms with E-state index < -0.39 is 17.5 Å². The molecule has 2 rings (SSSR count). The molecule has 0 saturated carbocycles. The van der Waals surface area contributed by atoms with Gasteiger partial charge in [-0.05, 0) is 34.1 Å². The molecule has 2 aromatic carbocycles. The van der Waals surface area contributed by atoms with Gasteiger partial charge in [0, 0.05) is 6.07 Å². The number of halogens is 3. The highest BCUT2D eigenvalue weighted by Gasteiger charge is 2.12. The number of nitrogens with one attached hydrogen (secondary N) is 1. The van der Waals surface area contributed by atoms with Crippen molar-refractivity contribution in [3.8, 4) is 5.75 Å². The number of hydrogen-bond acceptors (Lipinski definition) is 3. The van der Waals surface area contributed by atoms with Crippen molar-refractivity contribution in [2.75, 3.05) is 17.7 Å². The Hall–Kier alpha value is -2.15. The monoisotopic (exact) mass is 356 g/mol. The third-order valence-corrected chi connectivity index (χ3v) is 3.12. The molecule has 7 heteroatoms. The number of benzene rings is 2. The summed E-state index contributed by atoms with van der Waals surface area (Å²) < 4.78 is 31.9. The zero-order chi connectivity index (χ0) is 15.4. The molecule has 110 valence electrons. The summed E-state index contributed by atoms with van der Waals surface area (Å²) in [4.78, 5) is 11.7. The number of amides is 1. The van der Waals surface area contributed by atoms with Crippen LogP contribution in [0.2, 0.25) is 0 Å². The Morgan fingerprint density at radius 1 is 1.29 bits per heavy atom. The van der Waals surface area contributed by atoms with E-state index in [1.165, 1.54) is 24.3 Å². The molecule has 3 N–H and O–H groups in total. The fourth-order valence-corrected chi connectivity index (χ4v) is 2.18. The number of nitrogens with two attached hydrogens (primary N) is 1. The molecule has 0 aliphatic rings. The summed E-state index contributed by atoms with van der Waals surface area (Å²) in [5.41, 5.74) is 5.71. The highest BCUT2D eigenvalue weighted by molar-refractivity contribution is 9.10. The van der Waals surface area contributed by atoms with E-state index in [9.17, 15) is 13.6 Å². The van der Waals surface area contributed by atoms with Crippen LogP contribution in [0.4, 0.5) is 20.2 Å². The van der Waals surface area contributed by atoms with Crippen molar-refractivity contribution in [2.24, 2.45) is 0 Å². The van der Waals surface area contributed by atoms with Crippen molar-refractivity contribution in [3.05, 3.63) is 52.5 Å². The minimum atomic E-state index is -0.560. The van der Waals surface area contributed by atoms with Crippen molar-refractivity contribution >= 4 is 33.2 Å². The van der Waals surface area contributed by atoms with Crippen LogP contribution in [0.25, 0.3) is 0 Å². The SMILES string of the molecule is Nc1cc(F)cc(Br)c1OCC(=O)Nc1ccccc1F. The van der Waals surface area contributed by atoms with Crippen LogP contribution in [0.1, 0.15) is 0 Å². The van der Waals surface area contributed by atoms with Gasteiger partial charge in [-0.25, -0.2) is 8.78 Å². The third-order valence-electron chi connectivity index (χ3n) is 2.53. The molecule has 0 aliphatic carbocycles. The highest BCUT2D eigenvalue weighted by atomic mass is 79.9. The molecular weight excluding hydrogens is 346 g/mol. The summed E-state index contributed by atoms with van der Waals surface area (Å²) >= 11 is 3.09. The van der Waals surface area contributed by atoms with Gasteiger partial charge >= 0.3 is 0 Å². The maximum atomic E-state index is 13.4. The number of ether oxygens (including phenoxy) is 1. The van der Waals surface area contributed by atoms with Crippen molar-refractivity contribution in [2.45, 2.75) is 0 Å². The van der Waals surface area contributed by atoms with Crippen molar-refractivity contribution < 1.29 is 18.3 Å². The van der Waals surface area contributed by atoms with E-state index in [0.29, 0.717) is 4.47 Å². The molecule has 0 aromatic heterocycles. The van der Waals surface area contributed by atoms with Crippen LogP contribution in [0, 0.1) is 11.6 Å². The Morgan fingerprint density at radius 2 is 2.00 bits per heavy atom. The second kappa shape index (κ2) is 6.53. The number of nitrogen functional groups attached to an aromatic ring is 1. The van der Waals surface area contributed by atoms with E-state index in [0.717, 1.165) is 6.07 Å². The van der Waals surface area contributed by atoms with Crippen LogP contribution in [0.3, 0.4) is 0 Å². The first-order valence-electron chi connectivity index (χ1n) is 5.89. The van der Waals surface area contributed by atoms with E-state index in [4.69, 9.17) is 10.5 Å². The first-order chi connectivity index (χ1) is 9.97. The molecule has 1 amide bonds. The predicted octanol–water partition coefficient (Wildman–Crippen LogP) is 3.33. The van der Waals surface area contributed by atoms with Gasteiger partial charge in [0.1, 0.15) is 11.6 Å². The minimum Gasteiger partial charge on any atom is -0.480 e. The van der Waals surface area contributed by atoms with E-state index in [1.807, 2.05) is 0 Å². The summed E-state index contributed by atoms with van der Waals surface area (Å²) in [6.07, 6.45) is 0. The number of rotatable bonds is 4. The van der Waals surface area contributed by atoms with E-state index in [1.54, 1.807) is 6.07 Å². The fraction of sp³-hybridized carbons (Fsp3) is 0.0714. The molecule has 2 aromatic rings. The Morgan fingerprint density at radius 3 is 2.67 bits per heavy atom. The topological polar surface area (TPSA) is 64.3 Å². The lowest BCUT2D eigenvalue weighted by Crippen LogP contribution is -2.21. The standard InChI is InChI=1S/C14H11BrF2N2O2/c15-9-5-8(16)6-11(18)14(9)21-7-13(20)19-12-4-2-1-3-10(12)17/h1-6H,7,18H2,(H,19,20). The van der Waals surface area contributed by atoms with Gasteiger partial charge in [-0.1, -0.05) is 12.1 Å². The number of carbonyl (C=O) groups is 1. The second-order valence-electron chi connectivity index (χ2n) is 4.12. The normalized spacial score (nSPS) is 10.2. The molecule has 0 spiro atoms. The Labute approximate surface area is 128 Å². The van der Waals surface area contributed by atoms with Crippen LogP contribution in [0.15, 0.2) is 40.9 Å². The lowest BCUT2D eigenvalue weighted by Gasteiger charge is -2.11. The van der Waals surface area contributed by atoms with Crippen LogP contribution in [-0.4, -0.2) is 12.5 Å². The van der Waals surface area contributed by atoms with Crippen molar-refractivity contribution in [1.29, 1.82) is 0 Å². The molecule has 0 radical (unpaired) electrons. The molecule has 21 heavy (non-hydrogen) atoms. The quantitative estimate of drug-likeness (QED) is 0.825. The largest absolute Gasteiger partial charge is 0.480 e. The molecule has 0 fully saturated rings. The van der Waals surface area contributed by atoms with Crippen LogP contribution in [-0.2, 0) is 4.79 Å². The number of carbonyl (C=O) groups excluding carboxylic acids is 1. The van der Waals surface area contributed by atoms with Crippen LogP contribution >= 0.6 is 15.9 Å². The fourth-order valence-electron chi connectivity index (χ4n) is 1.62. The maximum absolute atomic E-state index is 13.4. The van der Waals surface area contributed by atoms with Crippen LogP contribution in [0.5, 0.6) is 5.75 Å². The summed E-state index contributed by atoms with van der Waals surface area (Å²) in [7, 11) is 0. The summed E-state index contributed by atoms with van der Waals surface area (Å²) in [5, 5.41) is 2.36. The average Bonchev–Trinajstić information content (AvgIpc) is 2.40. The summed E-state index contributed by atoms with van der Waals surface area (Å²) in [5.74, 6) is -1.48. The van der Waals surface area contributed by atoms with Crippen LogP contribution < -0.4 is 15.8 Å². The molecule has 4 nitrogen and oxygen atoms in total. The smallest absolute Gasteiger partial charge is 0.262 e. The Balaban J connectivity index is 2.01. The Kier molecular flexibility index (Phi) is 4.74. The van der Waals surface area contributed by atoms with Crippen molar-refractivity contribution in [1.82, 2.24) is 0 Å². The summed E-state index contributed by atoms with van der Waals surface area (Å²) in [6.45, 7) is -0.386. The lowest BCUT2D eigenvalue weighted by molar-refractivity contribution is -0.118. The van der Waals surface area contributed by atoms with Gasteiger partial charge < -0.3 is 15.8 Å². The molecule has 0 atom stereocenters. The van der Waals surface area contributed by atoms with Gasteiger partial charge in [0.2, 0.25) is 0 Å². The predicted molar refractivity (Wildman–Crippen MR) is 79.0 cm³/mol. The first kappa shape index (κ1) is 15.2. The van der Waals surface area contributed by atoms with Gasteiger partial charge in [-0.2, -0.15) is 0 Å². The van der Waals surface area contributed by atoms with Gasteiger partial charge in [0.15, 0.2) is 12.4 Å². The number of anilines is 2. The molecule has 0 unspecified atom stereocenters. The van der Waals surface area contributed by atoms with E-state index >= 15 is 0 Å². The third kappa shape index (κ3) is 3.91. The van der Waals surface area contributed by atoms with Crippen molar-refractivity contribution in [3.63, 3.8) is 0 Å². The van der Waals surface area contributed by atoms with E-state index in [-0.39, 0.29) is 23.7 Å².